The summed E-state index contributed by atoms with van der Waals surface area (Å²) in [5.74, 6) is -0.462. The summed E-state index contributed by atoms with van der Waals surface area (Å²) in [5.41, 5.74) is 2.39. The van der Waals surface area contributed by atoms with E-state index in [4.69, 9.17) is 16.3 Å². The van der Waals surface area contributed by atoms with Gasteiger partial charge in [-0.25, -0.2) is 4.79 Å². The number of hydrogen-bond acceptors (Lipinski definition) is 4. The monoisotopic (exact) mass is 476 g/mol. The third-order valence-electron chi connectivity index (χ3n) is 4.01. The smallest absolute Gasteiger partial charge is 0.407 e. The molecule has 158 valence electrons. The largest absolute Gasteiger partial charge is 0.481 e. The molecule has 0 heterocycles. The molecular weight excluding hydrogens is 448 g/mol. The number of carbonyl (C=O) groups excluding carboxylic acids is 1. The Morgan fingerprint density at radius 2 is 2.00 bits per heavy atom. The Morgan fingerprint density at radius 3 is 2.54 bits per heavy atom. The fourth-order valence-electron chi connectivity index (χ4n) is 2.77. The Kier molecular flexibility index (Phi) is 10.1. The Labute approximate surface area is 180 Å². The summed E-state index contributed by atoms with van der Waals surface area (Å²) in [5, 5.41) is 12.7. The molecule has 1 atom stereocenters. The van der Waals surface area contributed by atoms with Crippen LogP contribution >= 0.6 is 27.5 Å². The van der Waals surface area contributed by atoms with E-state index in [2.05, 4.69) is 26.1 Å². The molecule has 0 radical (unpaired) electrons. The van der Waals surface area contributed by atoms with Crippen molar-refractivity contribution in [1.82, 2.24) is 5.32 Å². The van der Waals surface area contributed by atoms with E-state index in [1.807, 2.05) is 25.1 Å². The summed E-state index contributed by atoms with van der Waals surface area (Å²) >= 11 is 9.38. The van der Waals surface area contributed by atoms with Crippen LogP contribution in [0.4, 0.5) is 10.5 Å². The highest BCUT2D eigenvalue weighted by molar-refractivity contribution is 9.09. The molecule has 0 aliphatic heterocycles. The first-order chi connectivity index (χ1) is 13.1. The van der Waals surface area contributed by atoms with Gasteiger partial charge in [0.1, 0.15) is 5.60 Å². The van der Waals surface area contributed by atoms with Gasteiger partial charge in [-0.05, 0) is 57.4 Å². The third kappa shape index (κ3) is 9.15. The SMILES string of the molecule is Cc1ccc(N(CCCl)CCBr)cc1C[C@H](CC(=O)O)NC(=O)OC(C)(C)C. The number of ether oxygens (including phenoxy) is 1. The lowest BCUT2D eigenvalue weighted by molar-refractivity contribution is -0.137. The average molecular weight is 478 g/mol. The van der Waals surface area contributed by atoms with Gasteiger partial charge in [-0.3, -0.25) is 4.79 Å². The Bertz CT molecular complexity index is 658. The first-order valence-electron chi connectivity index (χ1n) is 9.23. The van der Waals surface area contributed by atoms with Crippen molar-refractivity contribution in [3.8, 4) is 0 Å². The number of rotatable bonds is 10. The number of carboxylic acids is 1. The molecule has 2 N–H and O–H groups in total. The molecule has 0 saturated carbocycles. The van der Waals surface area contributed by atoms with E-state index in [-0.39, 0.29) is 6.42 Å². The maximum absolute atomic E-state index is 12.1. The fraction of sp³-hybridized carbons (Fsp3) is 0.600. The van der Waals surface area contributed by atoms with Gasteiger partial charge in [0.15, 0.2) is 0 Å². The van der Waals surface area contributed by atoms with E-state index in [1.165, 1.54) is 0 Å². The van der Waals surface area contributed by atoms with Gasteiger partial charge in [-0.15, -0.1) is 11.6 Å². The molecule has 8 heteroatoms. The first-order valence-corrected chi connectivity index (χ1v) is 10.9. The quantitative estimate of drug-likeness (QED) is 0.490. The highest BCUT2D eigenvalue weighted by Crippen LogP contribution is 2.22. The van der Waals surface area contributed by atoms with Gasteiger partial charge in [-0.1, -0.05) is 22.0 Å². The number of hydrogen-bond donors (Lipinski definition) is 2. The Hall–Kier alpha value is -1.47. The molecule has 1 rings (SSSR count). The number of anilines is 1. The van der Waals surface area contributed by atoms with E-state index in [1.54, 1.807) is 20.8 Å². The lowest BCUT2D eigenvalue weighted by atomic mass is 9.98. The number of aliphatic carboxylic acids is 1. The number of amides is 1. The molecule has 0 aliphatic carbocycles. The van der Waals surface area contributed by atoms with Gasteiger partial charge in [0.05, 0.1) is 6.42 Å². The molecule has 28 heavy (non-hydrogen) atoms. The molecule has 1 aromatic carbocycles. The zero-order valence-electron chi connectivity index (χ0n) is 16.9. The summed E-state index contributed by atoms with van der Waals surface area (Å²) in [6.45, 7) is 8.79. The second kappa shape index (κ2) is 11.5. The second-order valence-electron chi connectivity index (χ2n) is 7.62. The summed E-state index contributed by atoms with van der Waals surface area (Å²) in [6.07, 6.45) is -0.403. The number of nitrogens with zero attached hydrogens (tertiary/aromatic N) is 1. The van der Waals surface area contributed by atoms with Crippen LogP contribution in [0.5, 0.6) is 0 Å². The maximum Gasteiger partial charge on any atom is 0.407 e. The zero-order chi connectivity index (χ0) is 21.3. The van der Waals surface area contributed by atoms with E-state index in [0.717, 1.165) is 28.7 Å². The summed E-state index contributed by atoms with van der Waals surface area (Å²) in [7, 11) is 0. The van der Waals surface area contributed by atoms with Crippen molar-refractivity contribution >= 4 is 45.3 Å². The molecular formula is C20H30BrClN2O4. The minimum Gasteiger partial charge on any atom is -0.481 e. The predicted molar refractivity (Wildman–Crippen MR) is 117 cm³/mol. The topological polar surface area (TPSA) is 78.9 Å². The molecule has 6 nitrogen and oxygen atoms in total. The van der Waals surface area contributed by atoms with Gasteiger partial charge in [0.25, 0.3) is 0 Å². The number of aryl methyl sites for hydroxylation is 1. The van der Waals surface area contributed by atoms with Crippen molar-refractivity contribution in [3.05, 3.63) is 29.3 Å². The van der Waals surface area contributed by atoms with Crippen molar-refractivity contribution < 1.29 is 19.4 Å². The van der Waals surface area contributed by atoms with Gasteiger partial charge >= 0.3 is 12.1 Å². The fourth-order valence-corrected chi connectivity index (χ4v) is 3.41. The third-order valence-corrected chi connectivity index (χ3v) is 4.54. The van der Waals surface area contributed by atoms with Crippen LogP contribution in [0.3, 0.4) is 0 Å². The molecule has 0 saturated heterocycles. The highest BCUT2D eigenvalue weighted by atomic mass is 79.9. The number of benzene rings is 1. The van der Waals surface area contributed by atoms with Crippen LogP contribution in [-0.4, -0.2) is 53.1 Å². The van der Waals surface area contributed by atoms with Crippen LogP contribution in [0.2, 0.25) is 0 Å². The number of carbonyl (C=O) groups is 2. The minimum atomic E-state index is -0.974. The molecule has 0 fully saturated rings. The standard InChI is InChI=1S/C20H30BrClN2O4/c1-14-5-6-17(24(9-7-21)10-8-22)12-15(14)11-16(13-18(25)26)23-19(27)28-20(2,3)4/h5-6,12,16H,7-11,13H2,1-4H3,(H,23,27)(H,25,26)/t16-/m1/s1. The van der Waals surface area contributed by atoms with Crippen molar-refractivity contribution in [3.63, 3.8) is 0 Å². The molecule has 0 aliphatic rings. The zero-order valence-corrected chi connectivity index (χ0v) is 19.3. The number of nitrogens with one attached hydrogen (secondary N) is 1. The van der Waals surface area contributed by atoms with Gasteiger partial charge in [0.2, 0.25) is 0 Å². The maximum atomic E-state index is 12.1. The molecule has 0 spiro atoms. The van der Waals surface area contributed by atoms with Crippen LogP contribution in [0, 0.1) is 6.92 Å². The molecule has 1 amide bonds. The van der Waals surface area contributed by atoms with E-state index >= 15 is 0 Å². The molecule has 0 bridgehead atoms. The van der Waals surface area contributed by atoms with Crippen molar-refractivity contribution in [2.75, 3.05) is 29.2 Å². The predicted octanol–water partition coefficient (Wildman–Crippen LogP) is 4.35. The minimum absolute atomic E-state index is 0.185. The van der Waals surface area contributed by atoms with Crippen molar-refractivity contribution in [2.45, 2.75) is 52.2 Å². The average Bonchev–Trinajstić information content (AvgIpc) is 2.54. The molecule has 0 unspecified atom stereocenters. The van der Waals surface area contributed by atoms with Crippen LogP contribution < -0.4 is 10.2 Å². The van der Waals surface area contributed by atoms with Gasteiger partial charge in [0, 0.05) is 36.0 Å². The Morgan fingerprint density at radius 1 is 1.32 bits per heavy atom. The van der Waals surface area contributed by atoms with Gasteiger partial charge in [-0.2, -0.15) is 0 Å². The van der Waals surface area contributed by atoms with E-state index in [0.29, 0.717) is 18.8 Å². The number of alkyl halides is 2. The van der Waals surface area contributed by atoms with Crippen LogP contribution in [0.15, 0.2) is 18.2 Å². The number of carboxylic acid groups (broad SMARTS) is 1. The van der Waals surface area contributed by atoms with Crippen molar-refractivity contribution in [1.29, 1.82) is 0 Å². The number of halogens is 2. The summed E-state index contributed by atoms with van der Waals surface area (Å²) < 4.78 is 5.27. The lowest BCUT2D eigenvalue weighted by Crippen LogP contribution is -2.41. The summed E-state index contributed by atoms with van der Waals surface area (Å²) in [4.78, 5) is 25.6. The highest BCUT2D eigenvalue weighted by Gasteiger charge is 2.22. The van der Waals surface area contributed by atoms with Crippen LogP contribution in [-0.2, 0) is 16.0 Å². The van der Waals surface area contributed by atoms with Crippen molar-refractivity contribution in [2.24, 2.45) is 0 Å². The second-order valence-corrected chi connectivity index (χ2v) is 8.79. The van der Waals surface area contributed by atoms with E-state index in [9.17, 15) is 14.7 Å². The summed E-state index contributed by atoms with van der Waals surface area (Å²) in [6, 6.07) is 5.50. The molecule has 1 aromatic rings. The Balaban J connectivity index is 3.01. The number of alkyl carbamates (subject to hydrolysis) is 1. The van der Waals surface area contributed by atoms with Crippen LogP contribution in [0.1, 0.15) is 38.3 Å². The van der Waals surface area contributed by atoms with Gasteiger partial charge < -0.3 is 20.1 Å². The van der Waals surface area contributed by atoms with E-state index < -0.39 is 23.7 Å². The normalized spacial score (nSPS) is 12.4. The first kappa shape index (κ1) is 24.6. The van der Waals surface area contributed by atoms with Crippen LogP contribution in [0.25, 0.3) is 0 Å². The molecule has 0 aromatic heterocycles. The lowest BCUT2D eigenvalue weighted by Gasteiger charge is -2.26.